The van der Waals surface area contributed by atoms with Crippen LogP contribution in [0.15, 0.2) is 39.9 Å². The zero-order valence-corrected chi connectivity index (χ0v) is 20.9. The van der Waals surface area contributed by atoms with Crippen LogP contribution in [0.1, 0.15) is 53.1 Å². The molecular weight excluding hydrogens is 454 g/mol. The molecule has 0 saturated heterocycles. The number of nitrogens with zero attached hydrogens (tertiary/aromatic N) is 3. The van der Waals surface area contributed by atoms with Crippen molar-refractivity contribution in [2.45, 2.75) is 51.7 Å². The molecule has 2 aromatic heterocycles. The number of pyridine rings is 1. The largest absolute Gasteiger partial charge is 0.366 e. The molecule has 8 nitrogen and oxygen atoms in total. The Kier molecular flexibility index (Phi) is 6.25. The van der Waals surface area contributed by atoms with E-state index in [0.29, 0.717) is 17.9 Å². The number of anilines is 1. The molecule has 0 bridgehead atoms. The van der Waals surface area contributed by atoms with E-state index in [9.17, 15) is 8.42 Å². The molecule has 0 N–H and O–H groups in total. The first kappa shape index (κ1) is 24.0. The summed E-state index contributed by atoms with van der Waals surface area (Å²) in [5, 5.41) is 3.93. The molecule has 0 saturated carbocycles. The van der Waals surface area contributed by atoms with E-state index in [4.69, 9.17) is 14.0 Å². The Morgan fingerprint density at radius 3 is 2.65 bits per heavy atom. The Bertz CT molecular complexity index is 1410. The smallest absolute Gasteiger partial charge is 0.270 e. The molecule has 4 rings (SSSR count). The zero-order valence-electron chi connectivity index (χ0n) is 20.1. The van der Waals surface area contributed by atoms with Crippen molar-refractivity contribution in [2.75, 3.05) is 18.1 Å². The molecule has 1 aliphatic heterocycles. The van der Waals surface area contributed by atoms with Crippen molar-refractivity contribution in [1.29, 1.82) is 0 Å². The Morgan fingerprint density at radius 2 is 1.97 bits per heavy atom. The number of sulfonamides is 1. The number of rotatable bonds is 5. The minimum Gasteiger partial charge on any atom is -0.366 e. The minimum absolute atomic E-state index is 0.0397. The lowest BCUT2D eigenvalue weighted by Gasteiger charge is -2.21. The normalized spacial score (nSPS) is 14.4. The van der Waals surface area contributed by atoms with Gasteiger partial charge in [0.2, 0.25) is 0 Å². The first-order valence-electron chi connectivity index (χ1n) is 10.8. The lowest BCUT2D eigenvalue weighted by atomic mass is 9.92. The molecule has 0 fully saturated rings. The van der Waals surface area contributed by atoms with Gasteiger partial charge in [0.15, 0.2) is 5.82 Å². The first-order chi connectivity index (χ1) is 16.1. The number of hydrogen-bond donors (Lipinski definition) is 0. The van der Waals surface area contributed by atoms with Gasteiger partial charge in [-0.3, -0.25) is 0 Å². The Balaban J connectivity index is 1.78. The van der Waals surface area contributed by atoms with Crippen LogP contribution in [-0.2, 0) is 31.7 Å². The van der Waals surface area contributed by atoms with Gasteiger partial charge in [0.25, 0.3) is 10.0 Å². The zero-order chi connectivity index (χ0) is 24.7. The molecule has 1 aliphatic rings. The summed E-state index contributed by atoms with van der Waals surface area (Å²) < 4.78 is 44.6. The molecule has 3 aromatic rings. The van der Waals surface area contributed by atoms with Gasteiger partial charge in [-0.05, 0) is 75.4 Å². The van der Waals surface area contributed by atoms with Crippen LogP contribution in [0.25, 0.3) is 0 Å². The van der Waals surface area contributed by atoms with Gasteiger partial charge in [0.05, 0.1) is 12.2 Å². The van der Waals surface area contributed by atoms with Gasteiger partial charge in [-0.1, -0.05) is 17.1 Å². The van der Waals surface area contributed by atoms with Crippen molar-refractivity contribution in [1.82, 2.24) is 10.1 Å². The highest BCUT2D eigenvalue weighted by Crippen LogP contribution is 2.37. The van der Waals surface area contributed by atoms with Gasteiger partial charge in [0, 0.05) is 24.4 Å². The van der Waals surface area contributed by atoms with Gasteiger partial charge in [-0.15, -0.1) is 0 Å². The maximum atomic E-state index is 13.7. The molecule has 1 aromatic carbocycles. The fourth-order valence-corrected chi connectivity index (χ4v) is 5.33. The van der Waals surface area contributed by atoms with E-state index in [2.05, 4.69) is 28.0 Å². The maximum Gasteiger partial charge on any atom is 0.270 e. The summed E-state index contributed by atoms with van der Waals surface area (Å²) >= 11 is 0. The van der Waals surface area contributed by atoms with Crippen LogP contribution >= 0.6 is 0 Å². The summed E-state index contributed by atoms with van der Waals surface area (Å²) in [6, 6.07) is 7.12. The number of aryl methyl sites for hydroxylation is 2. The van der Waals surface area contributed by atoms with Gasteiger partial charge in [0.1, 0.15) is 23.1 Å². The number of ether oxygens (including phenoxy) is 2. The number of benzene rings is 1. The Morgan fingerprint density at radius 1 is 1.21 bits per heavy atom. The number of fused-ring (bicyclic) bond motifs is 1. The lowest BCUT2D eigenvalue weighted by Crippen LogP contribution is -2.34. The molecule has 0 unspecified atom stereocenters. The predicted octanol–water partition coefficient (Wildman–Crippen LogP) is 3.96. The summed E-state index contributed by atoms with van der Waals surface area (Å²) in [5.41, 5.74) is 4.35. The monoisotopic (exact) mass is 481 g/mol. The minimum atomic E-state index is -4.10. The average Bonchev–Trinajstić information content (AvgIpc) is 3.28. The van der Waals surface area contributed by atoms with Crippen molar-refractivity contribution in [3.05, 3.63) is 69.7 Å². The molecule has 0 spiro atoms. The van der Waals surface area contributed by atoms with Gasteiger partial charge < -0.3 is 14.0 Å². The highest BCUT2D eigenvalue weighted by atomic mass is 32.2. The fourth-order valence-electron chi connectivity index (χ4n) is 3.86. The second-order valence-electron chi connectivity index (χ2n) is 8.68. The summed E-state index contributed by atoms with van der Waals surface area (Å²) in [7, 11) is -2.68. The number of hydrogen-bond acceptors (Lipinski definition) is 7. The van der Waals surface area contributed by atoms with Crippen LogP contribution in [0.4, 0.5) is 5.82 Å². The van der Waals surface area contributed by atoms with Crippen molar-refractivity contribution < 1.29 is 22.4 Å². The SMILES string of the molecule is COCN(c1noc(C)c1C)S(=O)(=O)c1cccnc1C#Cc1cc2c(cc1C)COC2(C)C. The van der Waals surface area contributed by atoms with Crippen LogP contribution in [0, 0.1) is 32.6 Å². The van der Waals surface area contributed by atoms with E-state index in [0.717, 1.165) is 26.6 Å². The topological polar surface area (TPSA) is 94.8 Å². The van der Waals surface area contributed by atoms with Crippen LogP contribution in [0.3, 0.4) is 0 Å². The summed E-state index contributed by atoms with van der Waals surface area (Å²) in [6.45, 7) is 9.80. The van der Waals surface area contributed by atoms with Crippen LogP contribution in [-0.4, -0.2) is 32.4 Å². The van der Waals surface area contributed by atoms with E-state index >= 15 is 0 Å². The van der Waals surface area contributed by atoms with Gasteiger partial charge >= 0.3 is 0 Å². The van der Waals surface area contributed by atoms with Crippen molar-refractivity contribution >= 4 is 15.8 Å². The Labute approximate surface area is 199 Å². The molecule has 3 heterocycles. The first-order valence-corrected chi connectivity index (χ1v) is 12.2. The van der Waals surface area contributed by atoms with Crippen molar-refractivity contribution in [2.24, 2.45) is 0 Å². The van der Waals surface area contributed by atoms with Gasteiger partial charge in [-0.25, -0.2) is 17.7 Å². The molecular formula is C25H27N3O5S. The van der Waals surface area contributed by atoms with Gasteiger partial charge in [-0.2, -0.15) is 0 Å². The second kappa shape index (κ2) is 8.87. The predicted molar refractivity (Wildman–Crippen MR) is 127 cm³/mol. The maximum absolute atomic E-state index is 13.7. The van der Waals surface area contributed by atoms with Crippen LogP contribution in [0.2, 0.25) is 0 Å². The third-order valence-electron chi connectivity index (χ3n) is 5.96. The van der Waals surface area contributed by atoms with E-state index in [1.807, 2.05) is 26.8 Å². The van der Waals surface area contributed by atoms with E-state index in [1.54, 1.807) is 19.9 Å². The molecule has 0 atom stereocenters. The summed E-state index contributed by atoms with van der Waals surface area (Å²) in [6.07, 6.45) is 1.52. The number of methoxy groups -OCH3 is 1. The van der Waals surface area contributed by atoms with E-state index < -0.39 is 15.6 Å². The highest BCUT2D eigenvalue weighted by Gasteiger charge is 2.32. The third kappa shape index (κ3) is 4.20. The lowest BCUT2D eigenvalue weighted by molar-refractivity contribution is -0.00790. The van der Waals surface area contributed by atoms with Crippen LogP contribution in [0.5, 0.6) is 0 Å². The molecule has 9 heteroatoms. The molecule has 0 amide bonds. The number of aromatic nitrogens is 2. The Hall–Kier alpha value is -3.19. The second-order valence-corrected chi connectivity index (χ2v) is 10.5. The molecule has 178 valence electrons. The standard InChI is InChI=1S/C25H27N3O5S/c1-16-12-20-14-32-25(4,5)21(20)13-19(16)9-10-22-23(8-7-11-26-22)34(29,30)28(15-31-6)24-17(2)18(3)33-27-24/h7-8,11-13H,14-15H2,1-6H3. The third-order valence-corrected chi connectivity index (χ3v) is 7.70. The summed E-state index contributed by atoms with van der Waals surface area (Å²) in [5.74, 6) is 6.78. The van der Waals surface area contributed by atoms with Crippen molar-refractivity contribution in [3.8, 4) is 11.8 Å². The highest BCUT2D eigenvalue weighted by molar-refractivity contribution is 7.92. The van der Waals surface area contributed by atoms with Crippen LogP contribution < -0.4 is 4.31 Å². The van der Waals surface area contributed by atoms with Crippen molar-refractivity contribution in [3.63, 3.8) is 0 Å². The average molecular weight is 482 g/mol. The molecule has 34 heavy (non-hydrogen) atoms. The fraction of sp³-hybridized carbons (Fsp3) is 0.360. The molecule has 0 aliphatic carbocycles. The molecule has 0 radical (unpaired) electrons. The summed E-state index contributed by atoms with van der Waals surface area (Å²) in [4.78, 5) is 4.23. The van der Waals surface area contributed by atoms with E-state index in [-0.39, 0.29) is 23.1 Å². The van der Waals surface area contributed by atoms with E-state index in [1.165, 1.54) is 19.4 Å². The quantitative estimate of drug-likeness (QED) is 0.402.